The first-order chi connectivity index (χ1) is 15.1. The smallest absolute Gasteiger partial charge is 0.407 e. The molecule has 3 aromatic rings. The summed E-state index contributed by atoms with van der Waals surface area (Å²) in [6, 6.07) is 24.3. The van der Waals surface area contributed by atoms with Crippen LogP contribution in [0.4, 0.5) is 4.79 Å². The number of benzene rings is 3. The van der Waals surface area contributed by atoms with Gasteiger partial charge in [0.15, 0.2) is 0 Å². The van der Waals surface area contributed by atoms with Gasteiger partial charge in [-0.15, -0.1) is 0 Å². The normalized spacial score (nSPS) is 14.4. The summed E-state index contributed by atoms with van der Waals surface area (Å²) in [5.41, 5.74) is 10.1. The summed E-state index contributed by atoms with van der Waals surface area (Å²) < 4.78 is 6.27. The number of carbonyl (C=O) groups is 1. The van der Waals surface area contributed by atoms with Crippen molar-refractivity contribution < 1.29 is 14.6 Å². The van der Waals surface area contributed by atoms with Crippen LogP contribution >= 0.6 is 0 Å². The van der Waals surface area contributed by atoms with E-state index in [4.69, 9.17) is 10.5 Å². The molecule has 160 valence electrons. The van der Waals surface area contributed by atoms with E-state index < -0.39 is 6.09 Å². The number of nitrogens with zero attached hydrogens (tertiary/aromatic N) is 2. The molecule has 1 saturated heterocycles. The zero-order valence-corrected chi connectivity index (χ0v) is 17.4. The third-order valence-electron chi connectivity index (χ3n) is 5.57. The molecule has 1 heterocycles. The molecule has 4 rings (SSSR count). The van der Waals surface area contributed by atoms with Gasteiger partial charge in [0.05, 0.1) is 0 Å². The fraction of sp³-hybridized carbons (Fsp3) is 0.240. The highest BCUT2D eigenvalue weighted by molar-refractivity contribution is 5.67. The number of hydrogen-bond donors (Lipinski definition) is 2. The van der Waals surface area contributed by atoms with E-state index in [1.807, 2.05) is 42.5 Å². The Labute approximate surface area is 182 Å². The second-order valence-electron chi connectivity index (χ2n) is 7.69. The molecule has 0 saturated carbocycles. The third kappa shape index (κ3) is 5.23. The van der Waals surface area contributed by atoms with Crippen LogP contribution in [0.3, 0.4) is 0 Å². The fourth-order valence-corrected chi connectivity index (χ4v) is 3.79. The molecule has 0 radical (unpaired) electrons. The highest BCUT2D eigenvalue weighted by Crippen LogP contribution is 2.32. The van der Waals surface area contributed by atoms with Crippen LogP contribution in [0.15, 0.2) is 72.8 Å². The van der Waals surface area contributed by atoms with Gasteiger partial charge in [0.2, 0.25) is 0 Å². The predicted molar refractivity (Wildman–Crippen MR) is 121 cm³/mol. The topological polar surface area (TPSA) is 79.0 Å². The molecular formula is C25H27N3O3. The van der Waals surface area contributed by atoms with E-state index in [0.717, 1.165) is 33.8 Å². The van der Waals surface area contributed by atoms with Gasteiger partial charge in [-0.1, -0.05) is 48.5 Å². The van der Waals surface area contributed by atoms with E-state index in [-0.39, 0.29) is 0 Å². The monoisotopic (exact) mass is 417 g/mol. The third-order valence-corrected chi connectivity index (χ3v) is 5.57. The van der Waals surface area contributed by atoms with Gasteiger partial charge in [0.1, 0.15) is 11.5 Å². The second kappa shape index (κ2) is 9.64. The number of amides is 1. The summed E-state index contributed by atoms with van der Waals surface area (Å²) in [6.07, 6.45) is -0.850. The maximum absolute atomic E-state index is 11.2. The van der Waals surface area contributed by atoms with E-state index in [2.05, 4.69) is 35.2 Å². The lowest BCUT2D eigenvalue weighted by atomic mass is 10.0. The van der Waals surface area contributed by atoms with Gasteiger partial charge < -0.3 is 20.5 Å². The van der Waals surface area contributed by atoms with Crippen molar-refractivity contribution in [1.29, 1.82) is 0 Å². The Hall–Kier alpha value is -3.35. The minimum atomic E-state index is -0.850. The van der Waals surface area contributed by atoms with Crippen LogP contribution in [0.1, 0.15) is 11.1 Å². The van der Waals surface area contributed by atoms with Crippen LogP contribution in [0.25, 0.3) is 11.1 Å². The summed E-state index contributed by atoms with van der Waals surface area (Å²) in [5.74, 6) is 1.59. The first-order valence-corrected chi connectivity index (χ1v) is 10.5. The summed E-state index contributed by atoms with van der Waals surface area (Å²) in [4.78, 5) is 14.9. The highest BCUT2D eigenvalue weighted by Gasteiger charge is 2.21. The Bertz CT molecular complexity index is 1030. The van der Waals surface area contributed by atoms with Crippen LogP contribution in [-0.4, -0.2) is 47.2 Å². The Kier molecular flexibility index (Phi) is 6.50. The van der Waals surface area contributed by atoms with Crippen molar-refractivity contribution in [2.75, 3.05) is 26.2 Å². The molecule has 0 unspecified atom stereocenters. The number of piperazine rings is 1. The zero-order valence-electron chi connectivity index (χ0n) is 17.4. The SMILES string of the molecule is NCc1cccc(-c2ccc(CN3CCN(C(=O)O)CC3)c(Oc3ccccc3)c2)c1. The van der Waals surface area contributed by atoms with E-state index in [1.54, 1.807) is 0 Å². The molecule has 1 aliphatic heterocycles. The summed E-state index contributed by atoms with van der Waals surface area (Å²) in [5, 5.41) is 9.18. The summed E-state index contributed by atoms with van der Waals surface area (Å²) in [6.45, 7) is 3.66. The molecule has 3 N–H and O–H groups in total. The summed E-state index contributed by atoms with van der Waals surface area (Å²) in [7, 11) is 0. The number of rotatable bonds is 6. The zero-order chi connectivity index (χ0) is 21.6. The van der Waals surface area contributed by atoms with Gasteiger partial charge >= 0.3 is 6.09 Å². The Balaban J connectivity index is 1.60. The molecule has 1 amide bonds. The molecule has 3 aromatic carbocycles. The Morgan fingerprint density at radius 3 is 2.35 bits per heavy atom. The van der Waals surface area contributed by atoms with Crippen molar-refractivity contribution in [3.63, 3.8) is 0 Å². The maximum Gasteiger partial charge on any atom is 0.407 e. The molecule has 1 fully saturated rings. The Morgan fingerprint density at radius 1 is 0.903 bits per heavy atom. The van der Waals surface area contributed by atoms with Gasteiger partial charge in [-0.05, 0) is 41.0 Å². The van der Waals surface area contributed by atoms with Crippen LogP contribution < -0.4 is 10.5 Å². The number of hydrogen-bond acceptors (Lipinski definition) is 4. The van der Waals surface area contributed by atoms with E-state index in [1.165, 1.54) is 4.90 Å². The average Bonchev–Trinajstić information content (AvgIpc) is 2.81. The van der Waals surface area contributed by atoms with Gasteiger partial charge in [-0.25, -0.2) is 4.79 Å². The number of para-hydroxylation sites is 1. The standard InChI is InChI=1S/C25H27N3O3/c26-17-19-5-4-6-20(15-19)21-9-10-22(18-27-11-13-28(14-12-27)25(29)30)24(16-21)31-23-7-2-1-3-8-23/h1-10,15-16H,11-14,17-18,26H2,(H,29,30). The minimum absolute atomic E-state index is 0.502. The number of ether oxygens (including phenoxy) is 1. The van der Waals surface area contributed by atoms with Crippen molar-refractivity contribution >= 4 is 6.09 Å². The number of nitrogens with two attached hydrogens (primary N) is 1. The van der Waals surface area contributed by atoms with Gasteiger partial charge in [0, 0.05) is 44.8 Å². The largest absolute Gasteiger partial charge is 0.465 e. The van der Waals surface area contributed by atoms with Crippen LogP contribution in [0, 0.1) is 0 Å². The van der Waals surface area contributed by atoms with E-state index in [0.29, 0.717) is 39.3 Å². The number of carboxylic acid groups (broad SMARTS) is 1. The molecule has 1 aliphatic rings. The molecule has 0 spiro atoms. The molecule has 6 heteroatoms. The lowest BCUT2D eigenvalue weighted by Gasteiger charge is -2.33. The first-order valence-electron chi connectivity index (χ1n) is 10.5. The lowest BCUT2D eigenvalue weighted by molar-refractivity contribution is 0.102. The molecular weight excluding hydrogens is 390 g/mol. The van der Waals surface area contributed by atoms with Crippen molar-refractivity contribution in [3.05, 3.63) is 83.9 Å². The molecule has 0 atom stereocenters. The predicted octanol–water partition coefficient (Wildman–Crippen LogP) is 4.40. The van der Waals surface area contributed by atoms with Crippen LogP contribution in [0.5, 0.6) is 11.5 Å². The molecule has 6 nitrogen and oxygen atoms in total. The molecule has 0 aromatic heterocycles. The van der Waals surface area contributed by atoms with E-state index >= 15 is 0 Å². The van der Waals surface area contributed by atoms with E-state index in [9.17, 15) is 9.90 Å². The van der Waals surface area contributed by atoms with Crippen molar-refractivity contribution in [2.24, 2.45) is 5.73 Å². The lowest BCUT2D eigenvalue weighted by Crippen LogP contribution is -2.47. The second-order valence-corrected chi connectivity index (χ2v) is 7.69. The van der Waals surface area contributed by atoms with Crippen LogP contribution in [0.2, 0.25) is 0 Å². The molecule has 0 aliphatic carbocycles. The minimum Gasteiger partial charge on any atom is -0.465 e. The molecule has 31 heavy (non-hydrogen) atoms. The first kappa shape index (κ1) is 20.9. The fourth-order valence-electron chi connectivity index (χ4n) is 3.79. The van der Waals surface area contributed by atoms with Crippen molar-refractivity contribution in [1.82, 2.24) is 9.80 Å². The van der Waals surface area contributed by atoms with Crippen LogP contribution in [-0.2, 0) is 13.1 Å². The maximum atomic E-state index is 11.2. The molecule has 0 bridgehead atoms. The van der Waals surface area contributed by atoms with Gasteiger partial charge in [-0.3, -0.25) is 4.90 Å². The van der Waals surface area contributed by atoms with Gasteiger partial charge in [0.25, 0.3) is 0 Å². The van der Waals surface area contributed by atoms with Crippen molar-refractivity contribution in [3.8, 4) is 22.6 Å². The van der Waals surface area contributed by atoms with Gasteiger partial charge in [-0.2, -0.15) is 0 Å². The quantitative estimate of drug-likeness (QED) is 0.621. The highest BCUT2D eigenvalue weighted by atomic mass is 16.5. The van der Waals surface area contributed by atoms with Crippen molar-refractivity contribution in [2.45, 2.75) is 13.1 Å². The summed E-state index contributed by atoms with van der Waals surface area (Å²) >= 11 is 0. The Morgan fingerprint density at radius 2 is 1.65 bits per heavy atom. The average molecular weight is 418 g/mol.